The topological polar surface area (TPSA) is 28.1 Å². The first-order valence-corrected chi connectivity index (χ1v) is 1.12. The molecule has 5 heavy (non-hydrogen) atoms. The summed E-state index contributed by atoms with van der Waals surface area (Å²) in [6.07, 6.45) is 0. The predicted octanol–water partition coefficient (Wildman–Crippen LogP) is 0.429. The van der Waals surface area contributed by atoms with Crippen molar-refractivity contribution in [1.82, 2.24) is 0 Å². The van der Waals surface area contributed by atoms with E-state index in [0.717, 1.165) is 0 Å². The molecule has 0 atom stereocenters. The SMILES string of the molecule is [C-]#[N+]C[13C]#N. The van der Waals surface area contributed by atoms with Gasteiger partial charge in [0, 0.05) is 0 Å². The minimum Gasteiger partial charge on any atom is -0.301 e. The Morgan fingerprint density at radius 3 is 2.60 bits per heavy atom. The second kappa shape index (κ2) is 2.98. The molecule has 0 aliphatic rings. The zero-order chi connectivity index (χ0) is 4.12. The van der Waals surface area contributed by atoms with Gasteiger partial charge in [0.1, 0.15) is 6.07 Å². The summed E-state index contributed by atoms with van der Waals surface area (Å²) < 4.78 is 0. The van der Waals surface area contributed by atoms with E-state index in [1.54, 1.807) is 6.07 Å². The molecule has 0 amide bonds. The van der Waals surface area contributed by atoms with Crippen molar-refractivity contribution in [3.05, 3.63) is 11.4 Å². The molecular formula is C3H2N2. The Morgan fingerprint density at radius 2 is 2.60 bits per heavy atom. The summed E-state index contributed by atoms with van der Waals surface area (Å²) in [7, 11) is 0. The monoisotopic (exact) mass is 67.0 g/mol. The second-order valence-corrected chi connectivity index (χ2v) is 0.474. The molecule has 2 nitrogen and oxygen atoms in total. The first kappa shape index (κ1) is 3.98. The Labute approximate surface area is 30.5 Å². The minimum absolute atomic E-state index is 0.0139. The minimum atomic E-state index is -0.0139. The highest BCUT2D eigenvalue weighted by Crippen LogP contribution is 1.54. The predicted molar refractivity (Wildman–Crippen MR) is 17.1 cm³/mol. The van der Waals surface area contributed by atoms with Crippen LogP contribution in [-0.2, 0) is 0 Å². The van der Waals surface area contributed by atoms with Gasteiger partial charge in [-0.25, -0.2) is 6.57 Å². The Kier molecular flexibility index (Phi) is 2.37. The summed E-state index contributed by atoms with van der Waals surface area (Å²) in [5.74, 6) is 0. The van der Waals surface area contributed by atoms with Crippen LogP contribution in [0.2, 0.25) is 0 Å². The van der Waals surface area contributed by atoms with Crippen molar-refractivity contribution in [3.8, 4) is 6.07 Å². The molecule has 0 saturated heterocycles. The van der Waals surface area contributed by atoms with Crippen molar-refractivity contribution in [1.29, 1.82) is 5.26 Å². The second-order valence-electron chi connectivity index (χ2n) is 0.474. The summed E-state index contributed by atoms with van der Waals surface area (Å²) in [6, 6.07) is 1.66. The lowest BCUT2D eigenvalue weighted by molar-refractivity contribution is 1.43. The van der Waals surface area contributed by atoms with E-state index in [1.807, 2.05) is 0 Å². The zero-order valence-electron chi connectivity index (χ0n) is 2.60. The molecule has 0 aromatic rings. The number of nitrogens with zero attached hydrogens (tertiary/aromatic N) is 2. The molecule has 0 unspecified atom stereocenters. The molecule has 0 radical (unpaired) electrons. The summed E-state index contributed by atoms with van der Waals surface area (Å²) in [6.45, 7) is 5.99. The van der Waals surface area contributed by atoms with Crippen LogP contribution in [0.4, 0.5) is 0 Å². The maximum Gasteiger partial charge on any atom is 0.298 e. The van der Waals surface area contributed by atoms with Gasteiger partial charge >= 0.3 is 0 Å². The van der Waals surface area contributed by atoms with Gasteiger partial charge in [-0.3, -0.25) is 0 Å². The molecule has 0 aromatic heterocycles. The number of rotatable bonds is 0. The lowest BCUT2D eigenvalue weighted by Crippen LogP contribution is -1.56. The Bertz CT molecular complexity index is 70.0. The molecule has 0 fully saturated rings. The van der Waals surface area contributed by atoms with E-state index in [0.29, 0.717) is 0 Å². The fraction of sp³-hybridized carbons (Fsp3) is 0.333. The van der Waals surface area contributed by atoms with Crippen LogP contribution in [0, 0.1) is 17.9 Å². The molecule has 0 aliphatic carbocycles. The van der Waals surface area contributed by atoms with E-state index in [2.05, 4.69) is 4.85 Å². The van der Waals surface area contributed by atoms with Crippen LogP contribution < -0.4 is 0 Å². The Hall–Kier alpha value is -1.02. The molecule has 0 N–H and O–H groups in total. The van der Waals surface area contributed by atoms with Crippen LogP contribution >= 0.6 is 0 Å². The van der Waals surface area contributed by atoms with Crippen molar-refractivity contribution >= 4 is 0 Å². The highest BCUT2D eigenvalue weighted by atomic mass is 14.7. The third-order valence-electron chi connectivity index (χ3n) is 0.150. The molecule has 0 aliphatic heterocycles. The molecule has 0 heterocycles. The highest BCUT2D eigenvalue weighted by molar-refractivity contribution is 4.81. The van der Waals surface area contributed by atoms with Gasteiger partial charge in [0.2, 0.25) is 0 Å². The van der Waals surface area contributed by atoms with Crippen LogP contribution in [0.3, 0.4) is 0 Å². The van der Waals surface area contributed by atoms with E-state index in [4.69, 9.17) is 11.8 Å². The molecule has 0 spiro atoms. The van der Waals surface area contributed by atoms with Crippen molar-refractivity contribution in [3.63, 3.8) is 0 Å². The number of hydrogen-bond acceptors (Lipinski definition) is 1. The molecule has 0 bridgehead atoms. The smallest absolute Gasteiger partial charge is 0.298 e. The first-order valence-electron chi connectivity index (χ1n) is 1.12. The van der Waals surface area contributed by atoms with Crippen molar-refractivity contribution in [2.75, 3.05) is 6.54 Å². The van der Waals surface area contributed by atoms with Gasteiger partial charge in [0.05, 0.1) is 0 Å². The van der Waals surface area contributed by atoms with Gasteiger partial charge in [0.15, 0.2) is 0 Å². The van der Waals surface area contributed by atoms with E-state index in [-0.39, 0.29) is 6.54 Å². The first-order chi connectivity index (χ1) is 2.41. The summed E-state index contributed by atoms with van der Waals surface area (Å²) in [4.78, 5) is 2.74. The lowest BCUT2D eigenvalue weighted by atomic mass is 11.1. The Morgan fingerprint density at radius 1 is 2.00 bits per heavy atom. The largest absolute Gasteiger partial charge is 0.301 e. The maximum atomic E-state index is 7.60. The average molecular weight is 67.1 g/mol. The summed E-state index contributed by atoms with van der Waals surface area (Å²) in [5.41, 5.74) is 0. The van der Waals surface area contributed by atoms with Gasteiger partial charge in [-0.15, -0.1) is 0 Å². The van der Waals surface area contributed by atoms with Gasteiger partial charge < -0.3 is 4.85 Å². The van der Waals surface area contributed by atoms with Crippen molar-refractivity contribution < 1.29 is 0 Å². The average Bonchev–Trinajstić information content (AvgIpc) is 1.41. The van der Waals surface area contributed by atoms with Gasteiger partial charge in [0.25, 0.3) is 6.54 Å². The van der Waals surface area contributed by atoms with Gasteiger partial charge in [-0.2, -0.15) is 5.26 Å². The molecule has 0 saturated carbocycles. The van der Waals surface area contributed by atoms with Crippen molar-refractivity contribution in [2.24, 2.45) is 0 Å². The third-order valence-corrected chi connectivity index (χ3v) is 0.150. The molecule has 0 rings (SSSR count). The van der Waals surface area contributed by atoms with E-state index >= 15 is 0 Å². The quantitative estimate of drug-likeness (QED) is 0.229. The van der Waals surface area contributed by atoms with Crippen molar-refractivity contribution in [2.45, 2.75) is 0 Å². The van der Waals surface area contributed by atoms with Gasteiger partial charge in [-0.1, -0.05) is 0 Å². The van der Waals surface area contributed by atoms with E-state index < -0.39 is 0 Å². The number of nitriles is 1. The van der Waals surface area contributed by atoms with Gasteiger partial charge in [-0.05, 0) is 0 Å². The Balaban J connectivity index is 2.86. The number of hydrogen-bond donors (Lipinski definition) is 0. The standard InChI is InChI=1S/C3H2N2/c1-5-3-2-4/h3H2/i2+1. The van der Waals surface area contributed by atoms with Crippen LogP contribution in [-0.4, -0.2) is 6.54 Å². The van der Waals surface area contributed by atoms with E-state index in [1.165, 1.54) is 0 Å². The van der Waals surface area contributed by atoms with Crippen LogP contribution in [0.15, 0.2) is 0 Å². The highest BCUT2D eigenvalue weighted by Gasteiger charge is 1.64. The molecule has 24 valence electrons. The zero-order valence-corrected chi connectivity index (χ0v) is 2.60. The molecule has 2 heteroatoms. The normalized spacial score (nSPS) is 4.40. The fourth-order valence-electron chi connectivity index (χ4n) is 0.0354. The summed E-state index contributed by atoms with van der Waals surface area (Å²) >= 11 is 0. The molecule has 0 aromatic carbocycles. The fourth-order valence-corrected chi connectivity index (χ4v) is 0.0354. The van der Waals surface area contributed by atoms with Crippen LogP contribution in [0.5, 0.6) is 0 Å². The van der Waals surface area contributed by atoms with E-state index in [9.17, 15) is 0 Å². The summed E-state index contributed by atoms with van der Waals surface area (Å²) in [5, 5.41) is 7.60. The third kappa shape index (κ3) is 2.98. The molecular weight excluding hydrogens is 65.0 g/mol. The lowest BCUT2D eigenvalue weighted by Gasteiger charge is -1.49. The van der Waals surface area contributed by atoms with Crippen LogP contribution in [0.25, 0.3) is 4.85 Å². The van der Waals surface area contributed by atoms with Crippen LogP contribution in [0.1, 0.15) is 0 Å². The maximum absolute atomic E-state index is 7.60.